The highest BCUT2D eigenvalue weighted by Crippen LogP contribution is 2.25. The van der Waals surface area contributed by atoms with Gasteiger partial charge in [-0.15, -0.1) is 33.6 Å². The molecule has 0 bridgehead atoms. The van der Waals surface area contributed by atoms with E-state index in [-0.39, 0.29) is 0 Å². The van der Waals surface area contributed by atoms with Gasteiger partial charge in [0.2, 0.25) is 0 Å². The molecular weight excluding hydrogens is 436 g/mol. The van der Waals surface area contributed by atoms with Gasteiger partial charge in [-0.3, -0.25) is 9.13 Å². The van der Waals surface area contributed by atoms with E-state index in [0.29, 0.717) is 12.8 Å². The minimum Gasteiger partial charge on any atom is -0.274 e. The molecule has 0 amide bonds. The van der Waals surface area contributed by atoms with E-state index in [1.807, 2.05) is 48.6 Å². The van der Waals surface area contributed by atoms with Gasteiger partial charge in [-0.2, -0.15) is 0 Å². The molecule has 0 saturated heterocycles. The molecule has 4 rings (SSSR count). The highest BCUT2D eigenvalue weighted by Gasteiger charge is 2.18. The lowest BCUT2D eigenvalue weighted by Crippen LogP contribution is -2.08. The number of hydrogen-bond donors (Lipinski definition) is 0. The SMILES string of the molecule is C=CCSc1nnc(CCc2nnc(SCC=C)n2-c2ccccc2)n1-c1ccccc1. The second-order valence-corrected chi connectivity index (χ2v) is 8.81. The number of aryl methyl sites for hydroxylation is 2. The fourth-order valence-corrected chi connectivity index (χ4v) is 4.69. The quantitative estimate of drug-likeness (QED) is 0.227. The van der Waals surface area contributed by atoms with Gasteiger partial charge in [-0.25, -0.2) is 0 Å². The van der Waals surface area contributed by atoms with Crippen LogP contribution in [0.25, 0.3) is 11.4 Å². The zero-order chi connectivity index (χ0) is 22.2. The summed E-state index contributed by atoms with van der Waals surface area (Å²) in [5, 5.41) is 19.6. The normalized spacial score (nSPS) is 10.9. The first-order valence-corrected chi connectivity index (χ1v) is 12.3. The molecule has 4 aromatic rings. The minimum absolute atomic E-state index is 0.688. The molecule has 0 aliphatic heterocycles. The molecule has 0 atom stereocenters. The Hall–Kier alpha value is -3.10. The first-order valence-electron chi connectivity index (χ1n) is 10.3. The van der Waals surface area contributed by atoms with Crippen molar-refractivity contribution in [1.82, 2.24) is 29.5 Å². The average molecular weight is 461 g/mol. The number of aromatic nitrogens is 6. The summed E-state index contributed by atoms with van der Waals surface area (Å²) in [5.41, 5.74) is 2.09. The second kappa shape index (κ2) is 11.0. The van der Waals surface area contributed by atoms with E-state index >= 15 is 0 Å². The van der Waals surface area contributed by atoms with Gasteiger partial charge in [-0.1, -0.05) is 72.1 Å². The van der Waals surface area contributed by atoms with Crippen molar-refractivity contribution in [1.29, 1.82) is 0 Å². The fraction of sp³-hybridized carbons (Fsp3) is 0.167. The van der Waals surface area contributed by atoms with Crippen molar-refractivity contribution in [3.8, 4) is 11.4 Å². The Morgan fingerprint density at radius 2 is 1.03 bits per heavy atom. The molecule has 0 aliphatic carbocycles. The zero-order valence-corrected chi connectivity index (χ0v) is 19.3. The highest BCUT2D eigenvalue weighted by atomic mass is 32.2. The van der Waals surface area contributed by atoms with Gasteiger partial charge in [0.1, 0.15) is 11.6 Å². The van der Waals surface area contributed by atoms with Crippen LogP contribution in [0.3, 0.4) is 0 Å². The molecule has 6 nitrogen and oxygen atoms in total. The summed E-state index contributed by atoms with van der Waals surface area (Å²) < 4.78 is 4.23. The van der Waals surface area contributed by atoms with Crippen LogP contribution in [0.4, 0.5) is 0 Å². The summed E-state index contributed by atoms with van der Waals surface area (Å²) in [6, 6.07) is 20.4. The molecule has 2 heterocycles. The van der Waals surface area contributed by atoms with Gasteiger partial charge in [-0.05, 0) is 24.3 Å². The summed E-state index contributed by atoms with van der Waals surface area (Å²) in [4.78, 5) is 0. The maximum absolute atomic E-state index is 4.50. The van der Waals surface area contributed by atoms with Crippen LogP contribution in [0.15, 0.2) is 96.3 Å². The highest BCUT2D eigenvalue weighted by molar-refractivity contribution is 7.99. The van der Waals surface area contributed by atoms with Crippen molar-refractivity contribution in [3.63, 3.8) is 0 Å². The third kappa shape index (κ3) is 5.03. The van der Waals surface area contributed by atoms with Crippen molar-refractivity contribution >= 4 is 23.5 Å². The maximum atomic E-state index is 4.50. The Balaban J connectivity index is 1.64. The van der Waals surface area contributed by atoms with E-state index in [1.165, 1.54) is 0 Å². The maximum Gasteiger partial charge on any atom is 0.196 e. The van der Waals surface area contributed by atoms with Crippen molar-refractivity contribution in [2.75, 3.05) is 11.5 Å². The van der Waals surface area contributed by atoms with Gasteiger partial charge in [0.05, 0.1) is 0 Å². The third-order valence-corrected chi connectivity index (χ3v) is 6.51. The van der Waals surface area contributed by atoms with E-state index in [4.69, 9.17) is 0 Å². The van der Waals surface area contributed by atoms with E-state index in [1.54, 1.807) is 23.5 Å². The predicted molar refractivity (Wildman–Crippen MR) is 132 cm³/mol. The Kier molecular flexibility index (Phi) is 7.58. The lowest BCUT2D eigenvalue weighted by atomic mass is 10.2. The van der Waals surface area contributed by atoms with Crippen LogP contribution in [0, 0.1) is 0 Å². The van der Waals surface area contributed by atoms with E-state index < -0.39 is 0 Å². The Labute approximate surface area is 196 Å². The molecular formula is C24H24N6S2. The van der Waals surface area contributed by atoms with Crippen LogP contribution in [-0.2, 0) is 12.8 Å². The molecule has 162 valence electrons. The first kappa shape index (κ1) is 22.1. The Morgan fingerprint density at radius 3 is 1.41 bits per heavy atom. The fourth-order valence-electron chi connectivity index (χ4n) is 3.27. The zero-order valence-electron chi connectivity index (χ0n) is 17.7. The van der Waals surface area contributed by atoms with Gasteiger partial charge in [0.15, 0.2) is 10.3 Å². The van der Waals surface area contributed by atoms with Crippen molar-refractivity contribution < 1.29 is 0 Å². The minimum atomic E-state index is 0.688. The lowest BCUT2D eigenvalue weighted by molar-refractivity contribution is 0.745. The van der Waals surface area contributed by atoms with Gasteiger partial charge in [0, 0.05) is 35.7 Å². The number of thioether (sulfide) groups is 2. The van der Waals surface area contributed by atoms with Crippen molar-refractivity contribution in [3.05, 3.63) is 97.6 Å². The summed E-state index contributed by atoms with van der Waals surface area (Å²) in [6.07, 6.45) is 5.12. The van der Waals surface area contributed by atoms with Gasteiger partial charge >= 0.3 is 0 Å². The van der Waals surface area contributed by atoms with Crippen LogP contribution in [0.1, 0.15) is 11.6 Å². The average Bonchev–Trinajstić information content (AvgIpc) is 3.44. The smallest absolute Gasteiger partial charge is 0.196 e. The number of para-hydroxylation sites is 2. The van der Waals surface area contributed by atoms with Gasteiger partial charge < -0.3 is 0 Å². The second-order valence-electron chi connectivity index (χ2n) is 6.84. The van der Waals surface area contributed by atoms with Gasteiger partial charge in [0.25, 0.3) is 0 Å². The lowest BCUT2D eigenvalue weighted by Gasteiger charge is -2.11. The van der Waals surface area contributed by atoms with E-state index in [9.17, 15) is 0 Å². The Bertz CT molecular complexity index is 1070. The molecule has 0 saturated carbocycles. The number of hydrogen-bond acceptors (Lipinski definition) is 6. The van der Waals surface area contributed by atoms with Crippen molar-refractivity contribution in [2.45, 2.75) is 23.2 Å². The molecule has 0 unspecified atom stereocenters. The van der Waals surface area contributed by atoms with Crippen LogP contribution in [-0.4, -0.2) is 41.0 Å². The van der Waals surface area contributed by atoms with E-state index in [2.05, 4.69) is 67.0 Å². The molecule has 0 spiro atoms. The molecule has 32 heavy (non-hydrogen) atoms. The molecule has 0 N–H and O–H groups in total. The largest absolute Gasteiger partial charge is 0.274 e. The first-order chi connectivity index (χ1) is 15.8. The molecule has 8 heteroatoms. The number of benzene rings is 2. The summed E-state index contributed by atoms with van der Waals surface area (Å²) in [6.45, 7) is 7.64. The summed E-state index contributed by atoms with van der Waals surface area (Å²) in [7, 11) is 0. The molecule has 2 aromatic carbocycles. The summed E-state index contributed by atoms with van der Waals surface area (Å²) >= 11 is 3.25. The van der Waals surface area contributed by atoms with Crippen LogP contribution >= 0.6 is 23.5 Å². The number of rotatable bonds is 11. The molecule has 2 aromatic heterocycles. The standard InChI is InChI=1S/C24H24N6S2/c1-3-17-31-23-27-25-21(29(23)19-11-7-5-8-12-19)15-16-22-26-28-24(32-18-4-2)30(22)20-13-9-6-10-14-20/h3-14H,1-2,15-18H2. The Morgan fingerprint density at radius 1 is 0.625 bits per heavy atom. The number of nitrogens with zero attached hydrogens (tertiary/aromatic N) is 6. The third-order valence-electron chi connectivity index (χ3n) is 4.66. The van der Waals surface area contributed by atoms with Crippen LogP contribution in [0.5, 0.6) is 0 Å². The topological polar surface area (TPSA) is 61.4 Å². The van der Waals surface area contributed by atoms with Crippen LogP contribution in [0.2, 0.25) is 0 Å². The monoisotopic (exact) mass is 460 g/mol. The van der Waals surface area contributed by atoms with E-state index in [0.717, 1.165) is 44.8 Å². The molecule has 0 fully saturated rings. The predicted octanol–water partition coefficient (Wildman–Crippen LogP) is 5.19. The molecule has 0 radical (unpaired) electrons. The molecule has 0 aliphatic rings. The van der Waals surface area contributed by atoms with Crippen molar-refractivity contribution in [2.24, 2.45) is 0 Å². The van der Waals surface area contributed by atoms with Crippen LogP contribution < -0.4 is 0 Å². The summed E-state index contributed by atoms with van der Waals surface area (Å²) in [5.74, 6) is 3.34.